The summed E-state index contributed by atoms with van der Waals surface area (Å²) in [5.74, 6) is -4.69. The molecule has 226 valence electrons. The van der Waals surface area contributed by atoms with E-state index in [1.807, 2.05) is 0 Å². The average Bonchev–Trinajstić information content (AvgIpc) is 3.36. The van der Waals surface area contributed by atoms with Gasteiger partial charge in [0.15, 0.2) is 0 Å². The topological polar surface area (TPSA) is 132 Å². The molecule has 3 aliphatic rings. The maximum Gasteiger partial charge on any atom is 0.269 e. The third-order valence-electron chi connectivity index (χ3n) is 7.97. The van der Waals surface area contributed by atoms with Crippen molar-refractivity contribution in [1.29, 1.82) is 0 Å². The van der Waals surface area contributed by atoms with Crippen LogP contribution in [-0.4, -0.2) is 68.7 Å². The molecule has 3 N–H and O–H groups in total. The van der Waals surface area contributed by atoms with Crippen LogP contribution in [0.5, 0.6) is 0 Å². The summed E-state index contributed by atoms with van der Waals surface area (Å²) in [5, 5.41) is 11.7. The predicted octanol–water partition coefficient (Wildman–Crippen LogP) is 3.85. The van der Waals surface area contributed by atoms with Gasteiger partial charge in [0.25, 0.3) is 12.0 Å². The Labute approximate surface area is 239 Å². The van der Waals surface area contributed by atoms with Gasteiger partial charge in [0, 0.05) is 33.0 Å². The highest BCUT2D eigenvalue weighted by molar-refractivity contribution is 7.92. The van der Waals surface area contributed by atoms with Gasteiger partial charge in [0.2, 0.25) is 21.9 Å². The Kier molecular flexibility index (Phi) is 7.68. The van der Waals surface area contributed by atoms with E-state index in [0.29, 0.717) is 5.69 Å². The molecule has 2 amide bonds. The van der Waals surface area contributed by atoms with Gasteiger partial charge in [0.1, 0.15) is 5.82 Å². The summed E-state index contributed by atoms with van der Waals surface area (Å²) >= 11 is 0. The van der Waals surface area contributed by atoms with Gasteiger partial charge in [-0.1, -0.05) is 0 Å². The van der Waals surface area contributed by atoms with Crippen molar-refractivity contribution in [3.05, 3.63) is 53.2 Å². The number of pyridine rings is 1. The fourth-order valence-corrected chi connectivity index (χ4v) is 6.69. The number of nitrogens with one attached hydrogen (secondary N) is 2. The Balaban J connectivity index is 1.46. The van der Waals surface area contributed by atoms with E-state index in [9.17, 15) is 35.6 Å². The molecule has 1 atom stereocenters. The Bertz CT molecular complexity index is 1570. The largest absolute Gasteiger partial charge is 0.395 e. The summed E-state index contributed by atoms with van der Waals surface area (Å²) < 4.78 is 81.6. The van der Waals surface area contributed by atoms with E-state index >= 15 is 0 Å². The molecule has 2 aromatic rings. The number of aliphatic hydroxyl groups is 1. The minimum absolute atomic E-state index is 0.00494. The number of halogens is 4. The minimum Gasteiger partial charge on any atom is -0.395 e. The van der Waals surface area contributed by atoms with Crippen LogP contribution in [0.2, 0.25) is 0 Å². The molecule has 1 spiro atoms. The number of carbonyl (C=O) groups excluding carboxylic acids is 2. The predicted molar refractivity (Wildman–Crippen MR) is 148 cm³/mol. The van der Waals surface area contributed by atoms with E-state index in [1.165, 1.54) is 42.3 Å². The van der Waals surface area contributed by atoms with E-state index in [1.54, 1.807) is 4.90 Å². The Morgan fingerprint density at radius 2 is 1.81 bits per heavy atom. The molecule has 2 aliphatic heterocycles. The highest BCUT2D eigenvalue weighted by Gasteiger charge is 2.60. The number of anilines is 4. The van der Waals surface area contributed by atoms with Gasteiger partial charge in [-0.2, -0.15) is 8.78 Å². The molecule has 1 aromatic carbocycles. The molecular formula is C27H29F4N5O5S. The molecule has 1 saturated heterocycles. The number of carbonyl (C=O) groups is 2. The van der Waals surface area contributed by atoms with Gasteiger partial charge in [-0.15, -0.1) is 0 Å². The number of piperidine rings is 1. The molecule has 42 heavy (non-hydrogen) atoms. The highest BCUT2D eigenvalue weighted by atomic mass is 32.2. The van der Waals surface area contributed by atoms with Crippen LogP contribution in [0.15, 0.2) is 42.0 Å². The number of sulfonamides is 1. The number of aromatic nitrogens is 1. The molecule has 10 nitrogen and oxygen atoms in total. The lowest BCUT2D eigenvalue weighted by atomic mass is 9.83. The van der Waals surface area contributed by atoms with Crippen LogP contribution in [0, 0.1) is 0 Å². The molecule has 0 radical (unpaired) electrons. The molecule has 1 saturated carbocycles. The van der Waals surface area contributed by atoms with E-state index < -0.39 is 64.5 Å². The third kappa shape index (κ3) is 5.54. The summed E-state index contributed by atoms with van der Waals surface area (Å²) in [6.45, 7) is -0.322. The van der Waals surface area contributed by atoms with Crippen molar-refractivity contribution in [2.24, 2.45) is 0 Å². The highest BCUT2D eigenvalue weighted by Crippen LogP contribution is 2.55. The second-order valence-corrected chi connectivity index (χ2v) is 12.6. The lowest BCUT2D eigenvalue weighted by Crippen LogP contribution is -2.38. The third-order valence-corrected chi connectivity index (χ3v) is 9.24. The average molecular weight is 612 g/mol. The van der Waals surface area contributed by atoms with Crippen LogP contribution in [0.25, 0.3) is 0 Å². The maximum absolute atomic E-state index is 14.3. The van der Waals surface area contributed by atoms with Crippen molar-refractivity contribution in [2.45, 2.75) is 43.4 Å². The first-order chi connectivity index (χ1) is 19.7. The number of benzene rings is 1. The first-order valence-electron chi connectivity index (χ1n) is 13.3. The van der Waals surface area contributed by atoms with Crippen molar-refractivity contribution in [2.75, 3.05) is 52.3 Å². The Morgan fingerprint density at radius 1 is 1.10 bits per heavy atom. The summed E-state index contributed by atoms with van der Waals surface area (Å²) in [6.07, 6.45) is -2.87. The van der Waals surface area contributed by atoms with Crippen molar-refractivity contribution in [3.8, 4) is 0 Å². The SMILES string of the molecule is CN1C(=O)C2(CCC(F)(F)C2)c2nc(NC(=O)c3ccc(NS(=O)(=O)CCO)cc3N3CCC(=C(F)F)CC3)ccc21. The molecule has 2 fully saturated rings. The molecule has 5 rings (SSSR count). The molecule has 1 unspecified atom stereocenters. The van der Waals surface area contributed by atoms with E-state index in [-0.39, 0.29) is 66.4 Å². The van der Waals surface area contributed by atoms with Gasteiger partial charge in [-0.3, -0.25) is 14.3 Å². The molecule has 1 aliphatic carbocycles. The van der Waals surface area contributed by atoms with Crippen molar-refractivity contribution < 1.29 is 40.7 Å². The Morgan fingerprint density at radius 3 is 2.43 bits per heavy atom. The lowest BCUT2D eigenvalue weighted by Gasteiger charge is -2.31. The van der Waals surface area contributed by atoms with Crippen molar-refractivity contribution >= 4 is 44.7 Å². The van der Waals surface area contributed by atoms with E-state index in [0.717, 1.165) is 0 Å². The van der Waals surface area contributed by atoms with Gasteiger partial charge >= 0.3 is 0 Å². The first kappa shape index (κ1) is 29.8. The van der Waals surface area contributed by atoms with E-state index in [4.69, 9.17) is 5.11 Å². The van der Waals surface area contributed by atoms with Gasteiger partial charge < -0.3 is 20.2 Å². The first-order valence-corrected chi connectivity index (χ1v) is 14.9. The standard InChI is InChI=1S/C27H29F4N5O5S/c1-35-19-4-5-21(32-22(19)26(25(35)39)8-9-27(30,31)15-26)33-24(38)18-3-2-17(34-42(40,41)13-12-37)14-20(18)36-10-6-16(7-11-36)23(28)29/h2-5,14,34,37H,6-13,15H2,1H3,(H,32,33,38). The zero-order valence-electron chi connectivity index (χ0n) is 22.6. The second-order valence-electron chi connectivity index (χ2n) is 10.7. The van der Waals surface area contributed by atoms with Crippen LogP contribution in [-0.2, 0) is 20.2 Å². The number of aliphatic hydroxyl groups excluding tert-OH is 1. The number of fused-ring (bicyclic) bond motifs is 2. The monoisotopic (exact) mass is 611 g/mol. The number of nitrogens with zero attached hydrogens (tertiary/aromatic N) is 3. The molecule has 1 aromatic heterocycles. The maximum atomic E-state index is 14.3. The van der Waals surface area contributed by atoms with Crippen LogP contribution in [0.4, 0.5) is 40.4 Å². The summed E-state index contributed by atoms with van der Waals surface area (Å²) in [6, 6.07) is 7.11. The van der Waals surface area contributed by atoms with Gasteiger partial charge in [0.05, 0.1) is 46.1 Å². The second kappa shape index (κ2) is 10.8. The number of likely N-dealkylation sites (N-methyl/N-ethyl adjacent to an activating group) is 1. The summed E-state index contributed by atoms with van der Waals surface area (Å²) in [4.78, 5) is 34.0. The van der Waals surface area contributed by atoms with Gasteiger partial charge in [-0.05, 0) is 55.2 Å². The summed E-state index contributed by atoms with van der Waals surface area (Å²) in [5.41, 5.74) is -0.462. The number of hydrogen-bond acceptors (Lipinski definition) is 7. The number of alkyl halides is 2. The molecular weight excluding hydrogens is 582 g/mol. The number of hydrogen-bond donors (Lipinski definition) is 3. The minimum atomic E-state index is -3.89. The zero-order chi connectivity index (χ0) is 30.4. The smallest absolute Gasteiger partial charge is 0.269 e. The zero-order valence-corrected chi connectivity index (χ0v) is 23.4. The Hall–Kier alpha value is -3.72. The van der Waals surface area contributed by atoms with E-state index in [2.05, 4.69) is 15.0 Å². The number of rotatable bonds is 7. The normalized spacial score (nSPS) is 21.6. The molecule has 3 heterocycles. The summed E-state index contributed by atoms with van der Waals surface area (Å²) in [7, 11) is -2.40. The van der Waals surface area contributed by atoms with Crippen molar-refractivity contribution in [1.82, 2.24) is 4.98 Å². The van der Waals surface area contributed by atoms with Crippen LogP contribution in [0.3, 0.4) is 0 Å². The molecule has 0 bridgehead atoms. The quantitative estimate of drug-likeness (QED) is 0.406. The fourth-order valence-electron chi connectivity index (χ4n) is 5.86. The van der Waals surface area contributed by atoms with Crippen molar-refractivity contribution in [3.63, 3.8) is 0 Å². The fraction of sp³-hybridized carbons (Fsp3) is 0.444. The number of amides is 2. The van der Waals surface area contributed by atoms with Crippen LogP contribution >= 0.6 is 0 Å². The van der Waals surface area contributed by atoms with Gasteiger partial charge in [-0.25, -0.2) is 22.2 Å². The van der Waals surface area contributed by atoms with Crippen LogP contribution in [0.1, 0.15) is 48.2 Å². The molecule has 15 heteroatoms. The van der Waals surface area contributed by atoms with Crippen LogP contribution < -0.4 is 19.8 Å². The lowest BCUT2D eigenvalue weighted by molar-refractivity contribution is -0.123.